The van der Waals surface area contributed by atoms with E-state index in [4.69, 9.17) is 0 Å². The predicted octanol–water partition coefficient (Wildman–Crippen LogP) is 4.15. The fraction of sp³-hybridized carbons (Fsp3) is 0.735. The molecule has 0 aliphatic rings. The summed E-state index contributed by atoms with van der Waals surface area (Å²) in [5, 5.41) is 8.91. The highest BCUT2D eigenvalue weighted by Crippen LogP contribution is 2.25. The van der Waals surface area contributed by atoms with E-state index in [1.807, 2.05) is 127 Å². The summed E-state index contributed by atoms with van der Waals surface area (Å²) in [5.74, 6) is -4.89. The highest BCUT2D eigenvalue weighted by atomic mass is 16.2. The molecule has 15 heteroatoms. The first kappa shape index (κ1) is 57.5. The zero-order valence-electron chi connectivity index (χ0n) is 43.0. The Morgan fingerprint density at radius 3 is 1.03 bits per heavy atom. The number of hydrogen-bond acceptors (Lipinski definition) is 8. The lowest BCUT2D eigenvalue weighted by Crippen LogP contribution is -2.63. The second-order valence-corrected chi connectivity index (χ2v) is 20.0. The van der Waals surface area contributed by atoms with E-state index < -0.39 is 83.7 Å². The van der Waals surface area contributed by atoms with Gasteiger partial charge in [0.25, 0.3) is 0 Å². The molecule has 64 heavy (non-hydrogen) atoms. The van der Waals surface area contributed by atoms with Crippen LogP contribution in [0, 0.1) is 41.4 Å². The maximum Gasteiger partial charge on any atom is 0.246 e. The standard InChI is InChI=1S/C49H86N8O7/c1-28(2)36(50-15)43(58)52-37(29(3)4)45(60)54(17)39(31(7)8)47(62)56(19)41(33(11)12)49(64)57(20)42(34(13)14)48(63)55(18)40(32(9)10)46(61)53(16)38(30(5)6)44(59)51-27-26-35-24-22-21-23-25-35/h21-25,28-34,36-42,50H,26-27H2,1-20H3,(H,51,59)(H,52,58)/t36-,37-,38-,39-,40-,41-,42-/m0/s1. The monoisotopic (exact) mass is 899 g/mol. The normalized spacial score (nSPS) is 15.1. The van der Waals surface area contributed by atoms with Gasteiger partial charge in [-0.2, -0.15) is 0 Å². The van der Waals surface area contributed by atoms with Gasteiger partial charge in [-0.25, -0.2) is 0 Å². The van der Waals surface area contributed by atoms with Crippen molar-refractivity contribution in [2.24, 2.45) is 41.4 Å². The molecule has 364 valence electrons. The minimum atomic E-state index is -1.02. The van der Waals surface area contributed by atoms with Gasteiger partial charge in [-0.05, 0) is 60.5 Å². The maximum absolute atomic E-state index is 14.7. The SMILES string of the molecule is CN[C@H](C(=O)N[C@H](C(=O)N(C)[C@H](C(=O)N(C)[C@H](C(=O)N(C)[C@H](C(=O)N(C)[C@H](C(=O)N(C)[C@H](C(=O)NCCc1ccccc1)C(C)C)C(C)C)C(C)C)C(C)C)C(C)C)C(C)C)C(C)C. The van der Waals surface area contributed by atoms with E-state index in [2.05, 4.69) is 16.0 Å². The molecule has 15 nitrogen and oxygen atoms in total. The highest BCUT2D eigenvalue weighted by Gasteiger charge is 2.45. The maximum atomic E-state index is 14.7. The minimum absolute atomic E-state index is 0.0300. The summed E-state index contributed by atoms with van der Waals surface area (Å²) in [7, 11) is 9.47. The number of amides is 7. The van der Waals surface area contributed by atoms with Crippen LogP contribution in [0.4, 0.5) is 0 Å². The molecule has 0 radical (unpaired) electrons. The number of carbonyl (C=O) groups excluding carboxylic acids is 7. The first-order chi connectivity index (χ1) is 29.6. The van der Waals surface area contributed by atoms with Crippen molar-refractivity contribution in [3.05, 3.63) is 35.9 Å². The van der Waals surface area contributed by atoms with Gasteiger partial charge in [0.1, 0.15) is 36.3 Å². The van der Waals surface area contributed by atoms with Crippen LogP contribution in [0.3, 0.4) is 0 Å². The van der Waals surface area contributed by atoms with Crippen LogP contribution in [0.15, 0.2) is 30.3 Å². The average molecular weight is 899 g/mol. The smallest absolute Gasteiger partial charge is 0.246 e. The third-order valence-corrected chi connectivity index (χ3v) is 12.3. The fourth-order valence-electron chi connectivity index (χ4n) is 8.86. The van der Waals surface area contributed by atoms with Gasteiger partial charge in [-0.3, -0.25) is 33.6 Å². The summed E-state index contributed by atoms with van der Waals surface area (Å²) in [6.45, 7) is 26.3. The zero-order chi connectivity index (χ0) is 49.7. The molecule has 3 N–H and O–H groups in total. The Morgan fingerprint density at radius 1 is 0.422 bits per heavy atom. The minimum Gasteiger partial charge on any atom is -0.354 e. The van der Waals surface area contributed by atoms with Gasteiger partial charge in [0.15, 0.2) is 0 Å². The van der Waals surface area contributed by atoms with Crippen LogP contribution in [0.1, 0.15) is 102 Å². The van der Waals surface area contributed by atoms with Crippen molar-refractivity contribution >= 4 is 41.4 Å². The van der Waals surface area contributed by atoms with E-state index >= 15 is 0 Å². The summed E-state index contributed by atoms with van der Waals surface area (Å²) in [4.78, 5) is 106. The molecule has 0 saturated carbocycles. The van der Waals surface area contributed by atoms with Gasteiger partial charge in [-0.1, -0.05) is 127 Å². The Kier molecular flexibility index (Phi) is 23.2. The van der Waals surface area contributed by atoms with Crippen molar-refractivity contribution in [3.63, 3.8) is 0 Å². The molecule has 7 atom stereocenters. The zero-order valence-corrected chi connectivity index (χ0v) is 43.0. The second-order valence-electron chi connectivity index (χ2n) is 20.0. The van der Waals surface area contributed by atoms with Gasteiger partial charge >= 0.3 is 0 Å². The molecule has 1 aromatic rings. The molecule has 1 aromatic carbocycles. The van der Waals surface area contributed by atoms with Crippen molar-refractivity contribution in [1.82, 2.24) is 40.4 Å². The fourth-order valence-corrected chi connectivity index (χ4v) is 8.86. The summed E-state index contributed by atoms with van der Waals surface area (Å²) in [6, 6.07) is 3.60. The summed E-state index contributed by atoms with van der Waals surface area (Å²) in [6.07, 6.45) is 0.635. The van der Waals surface area contributed by atoms with Gasteiger partial charge in [0, 0.05) is 41.8 Å². The lowest BCUT2D eigenvalue weighted by molar-refractivity contribution is -0.159. The van der Waals surface area contributed by atoms with Crippen molar-refractivity contribution in [2.75, 3.05) is 48.8 Å². The molecule has 0 saturated heterocycles. The molecule has 1 rings (SSSR count). The van der Waals surface area contributed by atoms with E-state index in [0.29, 0.717) is 13.0 Å². The quantitative estimate of drug-likeness (QED) is 0.139. The van der Waals surface area contributed by atoms with Gasteiger partial charge in [0.2, 0.25) is 41.4 Å². The topological polar surface area (TPSA) is 172 Å². The van der Waals surface area contributed by atoms with E-state index in [1.54, 1.807) is 42.3 Å². The molecule has 0 aliphatic carbocycles. The van der Waals surface area contributed by atoms with E-state index in [-0.39, 0.29) is 41.4 Å². The second kappa shape index (κ2) is 25.8. The number of rotatable bonds is 24. The molecule has 0 bridgehead atoms. The lowest BCUT2D eigenvalue weighted by Gasteiger charge is -2.43. The van der Waals surface area contributed by atoms with E-state index in [9.17, 15) is 33.6 Å². The third-order valence-electron chi connectivity index (χ3n) is 12.3. The molecule has 7 amide bonds. The number of nitrogens with zero attached hydrogens (tertiary/aromatic N) is 5. The van der Waals surface area contributed by atoms with Crippen molar-refractivity contribution < 1.29 is 33.6 Å². The van der Waals surface area contributed by atoms with Gasteiger partial charge < -0.3 is 40.4 Å². The average Bonchev–Trinajstić information content (AvgIpc) is 3.19. The molecule has 0 heterocycles. The largest absolute Gasteiger partial charge is 0.354 e. The summed E-state index contributed by atoms with van der Waals surface area (Å²) >= 11 is 0. The molecule has 0 aliphatic heterocycles. The van der Waals surface area contributed by atoms with Crippen LogP contribution in [0.25, 0.3) is 0 Å². The first-order valence-electron chi connectivity index (χ1n) is 23.2. The van der Waals surface area contributed by atoms with Gasteiger partial charge in [0.05, 0.1) is 6.04 Å². The molecule has 0 spiro atoms. The van der Waals surface area contributed by atoms with Gasteiger partial charge in [-0.15, -0.1) is 0 Å². The molecular formula is C49H86N8O7. The molecular weight excluding hydrogens is 813 g/mol. The number of nitrogens with one attached hydrogen (secondary N) is 3. The Morgan fingerprint density at radius 2 is 0.734 bits per heavy atom. The van der Waals surface area contributed by atoms with Crippen molar-refractivity contribution in [2.45, 2.75) is 146 Å². The highest BCUT2D eigenvalue weighted by molar-refractivity contribution is 5.97. The van der Waals surface area contributed by atoms with E-state index in [0.717, 1.165) is 5.56 Å². The third kappa shape index (κ3) is 14.7. The first-order valence-corrected chi connectivity index (χ1v) is 23.2. The molecule has 0 aromatic heterocycles. The number of hydrogen-bond donors (Lipinski definition) is 3. The number of benzene rings is 1. The van der Waals surface area contributed by atoms with Crippen molar-refractivity contribution in [1.29, 1.82) is 0 Å². The van der Waals surface area contributed by atoms with E-state index in [1.165, 1.54) is 24.5 Å². The Hall–Kier alpha value is -4.53. The summed E-state index contributed by atoms with van der Waals surface area (Å²) < 4.78 is 0. The van der Waals surface area contributed by atoms with Crippen molar-refractivity contribution in [3.8, 4) is 0 Å². The van der Waals surface area contributed by atoms with Crippen LogP contribution in [-0.4, -0.2) is 157 Å². The predicted molar refractivity (Wildman–Crippen MR) is 255 cm³/mol. The Bertz CT molecular complexity index is 1700. The van der Waals surface area contributed by atoms with Crippen LogP contribution in [-0.2, 0) is 40.0 Å². The van der Waals surface area contributed by atoms with Crippen LogP contribution < -0.4 is 16.0 Å². The molecule has 0 unspecified atom stereocenters. The molecule has 0 fully saturated rings. The summed E-state index contributed by atoms with van der Waals surface area (Å²) in [5.41, 5.74) is 1.08. The Labute approximate surface area is 386 Å². The van der Waals surface area contributed by atoms with Crippen LogP contribution in [0.5, 0.6) is 0 Å². The number of carbonyl (C=O) groups is 7. The Balaban J connectivity index is 3.47. The number of likely N-dealkylation sites (N-methyl/N-ethyl adjacent to an activating group) is 6. The van der Waals surface area contributed by atoms with Crippen LogP contribution >= 0.6 is 0 Å². The van der Waals surface area contributed by atoms with Crippen LogP contribution in [0.2, 0.25) is 0 Å². The lowest BCUT2D eigenvalue weighted by atomic mass is 9.93.